The van der Waals surface area contributed by atoms with Gasteiger partial charge in [-0.2, -0.15) is 0 Å². The van der Waals surface area contributed by atoms with Crippen molar-refractivity contribution in [1.82, 2.24) is 5.32 Å². The van der Waals surface area contributed by atoms with Crippen molar-refractivity contribution in [3.63, 3.8) is 0 Å². The van der Waals surface area contributed by atoms with Gasteiger partial charge in [0.25, 0.3) is 0 Å². The Labute approximate surface area is 123 Å². The summed E-state index contributed by atoms with van der Waals surface area (Å²) in [4.78, 5) is 2.55. The van der Waals surface area contributed by atoms with Crippen molar-refractivity contribution in [3.8, 4) is 0 Å². The van der Waals surface area contributed by atoms with Gasteiger partial charge in [-0.15, -0.1) is 11.3 Å². The molecule has 0 aliphatic heterocycles. The SMILES string of the molecule is Cc1sc(CNCc2ccc(F)c(Cl)c2)cc1Br. The van der Waals surface area contributed by atoms with Gasteiger partial charge < -0.3 is 5.32 Å². The van der Waals surface area contributed by atoms with E-state index in [-0.39, 0.29) is 10.8 Å². The molecule has 96 valence electrons. The minimum atomic E-state index is -0.377. The topological polar surface area (TPSA) is 12.0 Å². The maximum absolute atomic E-state index is 13.0. The van der Waals surface area contributed by atoms with E-state index in [1.54, 1.807) is 23.5 Å². The van der Waals surface area contributed by atoms with Gasteiger partial charge in [0.2, 0.25) is 0 Å². The van der Waals surface area contributed by atoms with Crippen molar-refractivity contribution < 1.29 is 4.39 Å². The number of hydrogen-bond donors (Lipinski definition) is 1. The molecule has 18 heavy (non-hydrogen) atoms. The number of benzene rings is 1. The molecule has 5 heteroatoms. The zero-order chi connectivity index (χ0) is 13.1. The second-order valence-corrected chi connectivity index (χ2v) is 6.57. The second kappa shape index (κ2) is 6.15. The van der Waals surface area contributed by atoms with E-state index in [0.717, 1.165) is 16.6 Å². The number of rotatable bonds is 4. The molecule has 1 aromatic heterocycles. The fourth-order valence-corrected chi connectivity index (χ4v) is 3.36. The third-order valence-electron chi connectivity index (χ3n) is 2.52. The summed E-state index contributed by atoms with van der Waals surface area (Å²) in [7, 11) is 0. The molecule has 2 aromatic rings. The highest BCUT2D eigenvalue weighted by Gasteiger charge is 2.03. The van der Waals surface area contributed by atoms with Gasteiger partial charge in [0.05, 0.1) is 5.02 Å². The highest BCUT2D eigenvalue weighted by molar-refractivity contribution is 9.10. The summed E-state index contributed by atoms with van der Waals surface area (Å²) < 4.78 is 14.1. The first-order valence-electron chi connectivity index (χ1n) is 5.45. The third kappa shape index (κ3) is 3.54. The normalized spacial score (nSPS) is 10.9. The molecule has 0 aliphatic carbocycles. The number of hydrogen-bond acceptors (Lipinski definition) is 2. The zero-order valence-electron chi connectivity index (χ0n) is 9.77. The van der Waals surface area contributed by atoms with Crippen molar-refractivity contribution >= 4 is 38.9 Å². The van der Waals surface area contributed by atoms with E-state index >= 15 is 0 Å². The van der Waals surface area contributed by atoms with Crippen molar-refractivity contribution in [3.05, 3.63) is 54.9 Å². The Morgan fingerprint density at radius 3 is 2.72 bits per heavy atom. The molecule has 0 radical (unpaired) electrons. The standard InChI is InChI=1S/C13H12BrClFNS/c1-8-11(14)5-10(18-8)7-17-6-9-2-3-13(16)12(15)4-9/h2-5,17H,6-7H2,1H3. The maximum atomic E-state index is 13.0. The summed E-state index contributed by atoms with van der Waals surface area (Å²) in [5.74, 6) is -0.377. The Hall–Kier alpha value is -0.420. The van der Waals surface area contributed by atoms with Crippen LogP contribution < -0.4 is 5.32 Å². The van der Waals surface area contributed by atoms with Gasteiger partial charge in [-0.05, 0) is 46.6 Å². The summed E-state index contributed by atoms with van der Waals surface area (Å²) in [6, 6.07) is 6.90. The number of halogens is 3. The Kier molecular flexibility index (Phi) is 4.78. The van der Waals surface area contributed by atoms with Crippen molar-refractivity contribution in [1.29, 1.82) is 0 Å². The molecule has 0 atom stereocenters. The lowest BCUT2D eigenvalue weighted by Crippen LogP contribution is -2.11. The van der Waals surface area contributed by atoms with Gasteiger partial charge in [0.1, 0.15) is 5.82 Å². The molecule has 0 saturated heterocycles. The summed E-state index contributed by atoms with van der Waals surface area (Å²) in [6.45, 7) is 3.55. The summed E-state index contributed by atoms with van der Waals surface area (Å²) in [5.41, 5.74) is 0.980. The number of thiophene rings is 1. The Morgan fingerprint density at radius 2 is 2.11 bits per heavy atom. The molecular weight excluding hydrogens is 337 g/mol. The van der Waals surface area contributed by atoms with Gasteiger partial charge in [-0.25, -0.2) is 4.39 Å². The number of nitrogens with one attached hydrogen (secondary N) is 1. The molecule has 0 amide bonds. The summed E-state index contributed by atoms with van der Waals surface area (Å²) in [6.07, 6.45) is 0. The van der Waals surface area contributed by atoms with Crippen LogP contribution in [0.1, 0.15) is 15.3 Å². The van der Waals surface area contributed by atoms with Crippen LogP contribution in [0.2, 0.25) is 5.02 Å². The monoisotopic (exact) mass is 347 g/mol. The average molecular weight is 349 g/mol. The second-order valence-electron chi connectivity index (χ2n) is 3.97. The van der Waals surface area contributed by atoms with Crippen LogP contribution in [0, 0.1) is 12.7 Å². The molecule has 0 fully saturated rings. The predicted molar refractivity (Wildman–Crippen MR) is 78.7 cm³/mol. The largest absolute Gasteiger partial charge is 0.308 e. The van der Waals surface area contributed by atoms with Crippen LogP contribution in [-0.2, 0) is 13.1 Å². The number of aryl methyl sites for hydroxylation is 1. The molecule has 1 N–H and O–H groups in total. The minimum Gasteiger partial charge on any atom is -0.308 e. The van der Waals surface area contributed by atoms with E-state index in [1.165, 1.54) is 15.8 Å². The fourth-order valence-electron chi connectivity index (χ4n) is 1.58. The third-order valence-corrected chi connectivity index (χ3v) is 4.95. The van der Waals surface area contributed by atoms with E-state index < -0.39 is 0 Å². The molecule has 0 spiro atoms. The highest BCUT2D eigenvalue weighted by atomic mass is 79.9. The van der Waals surface area contributed by atoms with Gasteiger partial charge in [0.15, 0.2) is 0 Å². The van der Waals surface area contributed by atoms with Gasteiger partial charge in [-0.3, -0.25) is 0 Å². The smallest absolute Gasteiger partial charge is 0.141 e. The average Bonchev–Trinajstić information content (AvgIpc) is 2.63. The lowest BCUT2D eigenvalue weighted by atomic mass is 10.2. The predicted octanol–water partition coefficient (Wildman–Crippen LogP) is 4.90. The Bertz CT molecular complexity index is 536. The van der Waals surface area contributed by atoms with E-state index in [4.69, 9.17) is 11.6 Å². The van der Waals surface area contributed by atoms with Crippen LogP contribution in [0.3, 0.4) is 0 Å². The zero-order valence-corrected chi connectivity index (χ0v) is 12.9. The summed E-state index contributed by atoms with van der Waals surface area (Å²) in [5, 5.41) is 3.48. The Morgan fingerprint density at radius 1 is 1.33 bits per heavy atom. The highest BCUT2D eigenvalue weighted by Crippen LogP contribution is 2.26. The molecule has 1 nitrogen and oxygen atoms in total. The minimum absolute atomic E-state index is 0.170. The van der Waals surface area contributed by atoms with Gasteiger partial charge in [0, 0.05) is 27.3 Å². The summed E-state index contributed by atoms with van der Waals surface area (Å²) >= 11 is 11.0. The van der Waals surface area contributed by atoms with Crippen molar-refractivity contribution in [2.45, 2.75) is 20.0 Å². The van der Waals surface area contributed by atoms with Crippen LogP contribution >= 0.6 is 38.9 Å². The van der Waals surface area contributed by atoms with E-state index in [1.807, 2.05) is 0 Å². The quantitative estimate of drug-likeness (QED) is 0.828. The first-order valence-corrected chi connectivity index (χ1v) is 7.44. The molecule has 1 aromatic carbocycles. The van der Waals surface area contributed by atoms with Crippen molar-refractivity contribution in [2.24, 2.45) is 0 Å². The van der Waals surface area contributed by atoms with E-state index in [0.29, 0.717) is 6.54 Å². The maximum Gasteiger partial charge on any atom is 0.141 e. The van der Waals surface area contributed by atoms with Crippen LogP contribution in [0.15, 0.2) is 28.7 Å². The van der Waals surface area contributed by atoms with Crippen LogP contribution in [0.5, 0.6) is 0 Å². The van der Waals surface area contributed by atoms with Crippen molar-refractivity contribution in [2.75, 3.05) is 0 Å². The molecule has 0 aliphatic rings. The molecule has 0 unspecified atom stereocenters. The van der Waals surface area contributed by atoms with Crippen LogP contribution in [0.25, 0.3) is 0 Å². The molecule has 1 heterocycles. The fraction of sp³-hybridized carbons (Fsp3) is 0.231. The molecule has 0 bridgehead atoms. The first-order chi connectivity index (χ1) is 8.56. The van der Waals surface area contributed by atoms with Crippen LogP contribution in [0.4, 0.5) is 4.39 Å². The molecule has 0 saturated carbocycles. The lowest BCUT2D eigenvalue weighted by molar-refractivity contribution is 0.625. The van der Waals surface area contributed by atoms with E-state index in [9.17, 15) is 4.39 Å². The Balaban J connectivity index is 1.90. The van der Waals surface area contributed by atoms with Crippen LogP contribution in [-0.4, -0.2) is 0 Å². The first kappa shape index (κ1) is 14.0. The van der Waals surface area contributed by atoms with Gasteiger partial charge in [-0.1, -0.05) is 17.7 Å². The molecule has 2 rings (SSSR count). The lowest BCUT2D eigenvalue weighted by Gasteiger charge is -2.04. The van der Waals surface area contributed by atoms with Gasteiger partial charge >= 0.3 is 0 Å². The molecular formula is C13H12BrClFNS. The van der Waals surface area contributed by atoms with E-state index in [2.05, 4.69) is 34.2 Å².